The van der Waals surface area contributed by atoms with Gasteiger partial charge in [0.15, 0.2) is 0 Å². The Morgan fingerprint density at radius 2 is 1.76 bits per heavy atom. The smallest absolute Gasteiger partial charge is 0.116 e. The Kier molecular flexibility index (Phi) is 3.65. The van der Waals surface area contributed by atoms with Gasteiger partial charge in [0.2, 0.25) is 0 Å². The molecule has 2 N–H and O–H groups in total. The summed E-state index contributed by atoms with van der Waals surface area (Å²) in [6.45, 7) is 5.07. The van der Waals surface area contributed by atoms with E-state index in [4.69, 9.17) is 0 Å². The Balaban J connectivity index is 2.00. The Bertz CT molecular complexity index is 978. The fourth-order valence-electron chi connectivity index (χ4n) is 3.80. The van der Waals surface area contributed by atoms with Crippen molar-refractivity contribution < 1.29 is 10.2 Å². The number of nitrogens with zero attached hydrogens (tertiary/aromatic N) is 1. The van der Waals surface area contributed by atoms with Gasteiger partial charge < -0.3 is 14.8 Å². The number of benzene rings is 2. The van der Waals surface area contributed by atoms with Gasteiger partial charge in [0.05, 0.1) is 0 Å². The number of fused-ring (bicyclic) bond motifs is 1. The lowest BCUT2D eigenvalue weighted by atomic mass is 9.97. The summed E-state index contributed by atoms with van der Waals surface area (Å²) < 4.78 is 2.23. The second kappa shape index (κ2) is 5.85. The van der Waals surface area contributed by atoms with Crippen molar-refractivity contribution in [2.24, 2.45) is 0 Å². The lowest BCUT2D eigenvalue weighted by molar-refractivity contribution is 0.474. The molecule has 1 aliphatic rings. The standard InChI is InChI=1S/C22H21NO2/c1-3-23-10-4-5-21(23)22-19(15-6-8-16(24)9-7-15)13-18-14(2)11-17(25)12-20(18)22/h4-12,24-25H,3,13H2,1-2H3. The Morgan fingerprint density at radius 3 is 2.48 bits per heavy atom. The molecule has 2 aromatic carbocycles. The first-order valence-electron chi connectivity index (χ1n) is 8.59. The Morgan fingerprint density at radius 1 is 1.00 bits per heavy atom. The zero-order valence-electron chi connectivity index (χ0n) is 14.5. The Labute approximate surface area is 147 Å². The van der Waals surface area contributed by atoms with Crippen molar-refractivity contribution in [3.63, 3.8) is 0 Å². The highest BCUT2D eigenvalue weighted by Gasteiger charge is 2.27. The van der Waals surface area contributed by atoms with E-state index >= 15 is 0 Å². The molecule has 3 nitrogen and oxygen atoms in total. The van der Waals surface area contributed by atoms with Crippen LogP contribution in [0.5, 0.6) is 11.5 Å². The second-order valence-corrected chi connectivity index (χ2v) is 6.55. The highest BCUT2D eigenvalue weighted by atomic mass is 16.3. The topological polar surface area (TPSA) is 45.4 Å². The van der Waals surface area contributed by atoms with Crippen LogP contribution in [0.3, 0.4) is 0 Å². The van der Waals surface area contributed by atoms with E-state index in [2.05, 4.69) is 36.7 Å². The molecule has 3 aromatic rings. The Hall–Kier alpha value is -2.94. The molecule has 0 saturated carbocycles. The van der Waals surface area contributed by atoms with E-state index in [9.17, 15) is 10.2 Å². The van der Waals surface area contributed by atoms with Crippen molar-refractivity contribution in [3.05, 3.63) is 82.7 Å². The molecule has 0 spiro atoms. The van der Waals surface area contributed by atoms with Gasteiger partial charge in [-0.05, 0) is 84.5 Å². The number of phenols is 2. The van der Waals surface area contributed by atoms with Crippen LogP contribution in [-0.4, -0.2) is 14.8 Å². The molecule has 126 valence electrons. The van der Waals surface area contributed by atoms with Crippen LogP contribution in [0.1, 0.15) is 34.9 Å². The van der Waals surface area contributed by atoms with Crippen LogP contribution in [0.15, 0.2) is 54.7 Å². The summed E-state index contributed by atoms with van der Waals surface area (Å²) in [7, 11) is 0. The average molecular weight is 331 g/mol. The largest absolute Gasteiger partial charge is 0.508 e. The van der Waals surface area contributed by atoms with Crippen molar-refractivity contribution in [2.45, 2.75) is 26.8 Å². The number of hydrogen-bond donors (Lipinski definition) is 2. The summed E-state index contributed by atoms with van der Waals surface area (Å²) >= 11 is 0. The van der Waals surface area contributed by atoms with Gasteiger partial charge in [-0.25, -0.2) is 0 Å². The first kappa shape index (κ1) is 15.6. The third-order valence-corrected chi connectivity index (χ3v) is 5.02. The predicted molar refractivity (Wildman–Crippen MR) is 101 cm³/mol. The van der Waals surface area contributed by atoms with Gasteiger partial charge in [-0.15, -0.1) is 0 Å². The molecule has 0 bridgehead atoms. The number of phenolic OH excluding ortho intramolecular Hbond substituents is 2. The molecule has 1 aromatic heterocycles. The fourth-order valence-corrected chi connectivity index (χ4v) is 3.80. The number of aromatic hydroxyl groups is 2. The SMILES string of the molecule is CCn1cccc1C1=C(c2ccc(O)cc2)Cc2c(C)cc(O)cc21. The fraction of sp³-hybridized carbons (Fsp3) is 0.182. The summed E-state index contributed by atoms with van der Waals surface area (Å²) in [6.07, 6.45) is 2.92. The molecule has 25 heavy (non-hydrogen) atoms. The van der Waals surface area contributed by atoms with Crippen molar-refractivity contribution >= 4 is 11.1 Å². The highest BCUT2D eigenvalue weighted by molar-refractivity contribution is 6.03. The lowest BCUT2D eigenvalue weighted by Crippen LogP contribution is -2.00. The zero-order chi connectivity index (χ0) is 17.6. The number of aryl methyl sites for hydroxylation is 2. The normalized spacial score (nSPS) is 13.4. The molecule has 0 saturated heterocycles. The van der Waals surface area contributed by atoms with Crippen LogP contribution in [-0.2, 0) is 13.0 Å². The summed E-state index contributed by atoms with van der Waals surface area (Å²) in [5, 5.41) is 19.8. The summed E-state index contributed by atoms with van der Waals surface area (Å²) in [5.74, 6) is 0.572. The van der Waals surface area contributed by atoms with E-state index in [1.165, 1.54) is 16.7 Å². The van der Waals surface area contributed by atoms with Gasteiger partial charge >= 0.3 is 0 Å². The molecule has 1 aliphatic carbocycles. The van der Waals surface area contributed by atoms with Crippen LogP contribution in [0.4, 0.5) is 0 Å². The van der Waals surface area contributed by atoms with Crippen LogP contribution in [0.2, 0.25) is 0 Å². The summed E-state index contributed by atoms with van der Waals surface area (Å²) in [4.78, 5) is 0. The van der Waals surface area contributed by atoms with Crippen LogP contribution in [0.25, 0.3) is 11.1 Å². The number of hydrogen-bond acceptors (Lipinski definition) is 2. The van der Waals surface area contributed by atoms with E-state index in [-0.39, 0.29) is 5.75 Å². The summed E-state index contributed by atoms with van der Waals surface area (Å²) in [5.41, 5.74) is 8.15. The molecular weight excluding hydrogens is 310 g/mol. The average Bonchev–Trinajstić information content (AvgIpc) is 3.19. The molecule has 0 radical (unpaired) electrons. The number of aromatic nitrogens is 1. The number of allylic oxidation sites excluding steroid dienone is 1. The molecule has 0 fully saturated rings. The van der Waals surface area contributed by atoms with E-state index in [0.29, 0.717) is 5.75 Å². The first-order valence-corrected chi connectivity index (χ1v) is 8.59. The molecular formula is C22H21NO2. The molecule has 1 heterocycles. The van der Waals surface area contributed by atoms with Crippen molar-refractivity contribution in [1.29, 1.82) is 0 Å². The number of rotatable bonds is 3. The molecule has 0 unspecified atom stereocenters. The van der Waals surface area contributed by atoms with E-state index in [1.807, 2.05) is 24.3 Å². The minimum Gasteiger partial charge on any atom is -0.508 e. The van der Waals surface area contributed by atoms with Crippen LogP contribution < -0.4 is 0 Å². The molecule has 0 atom stereocenters. The summed E-state index contributed by atoms with van der Waals surface area (Å²) in [6, 6.07) is 15.3. The van der Waals surface area contributed by atoms with Crippen LogP contribution in [0, 0.1) is 6.92 Å². The lowest BCUT2D eigenvalue weighted by Gasteiger charge is -2.13. The van der Waals surface area contributed by atoms with Crippen LogP contribution >= 0.6 is 0 Å². The first-order chi connectivity index (χ1) is 12.1. The van der Waals surface area contributed by atoms with Crippen molar-refractivity contribution in [1.82, 2.24) is 4.57 Å². The van der Waals surface area contributed by atoms with Crippen molar-refractivity contribution in [3.8, 4) is 11.5 Å². The van der Waals surface area contributed by atoms with Gasteiger partial charge in [0, 0.05) is 24.0 Å². The minimum atomic E-state index is 0.271. The van der Waals surface area contributed by atoms with Gasteiger partial charge in [-0.2, -0.15) is 0 Å². The third kappa shape index (κ3) is 2.52. The van der Waals surface area contributed by atoms with E-state index in [0.717, 1.165) is 35.3 Å². The quantitative estimate of drug-likeness (QED) is 0.728. The maximum atomic E-state index is 10.1. The highest BCUT2D eigenvalue weighted by Crippen LogP contribution is 2.44. The van der Waals surface area contributed by atoms with Crippen molar-refractivity contribution in [2.75, 3.05) is 0 Å². The van der Waals surface area contributed by atoms with Gasteiger partial charge in [-0.3, -0.25) is 0 Å². The minimum absolute atomic E-state index is 0.271. The molecule has 0 aliphatic heterocycles. The molecule has 0 amide bonds. The van der Waals surface area contributed by atoms with E-state index < -0.39 is 0 Å². The molecule has 4 rings (SSSR count). The third-order valence-electron chi connectivity index (χ3n) is 5.02. The molecule has 3 heteroatoms. The maximum absolute atomic E-state index is 10.1. The maximum Gasteiger partial charge on any atom is 0.116 e. The van der Waals surface area contributed by atoms with Gasteiger partial charge in [0.1, 0.15) is 11.5 Å². The monoisotopic (exact) mass is 331 g/mol. The van der Waals surface area contributed by atoms with Gasteiger partial charge in [-0.1, -0.05) is 12.1 Å². The van der Waals surface area contributed by atoms with Gasteiger partial charge in [0.25, 0.3) is 0 Å². The second-order valence-electron chi connectivity index (χ2n) is 6.55. The predicted octanol–water partition coefficient (Wildman–Crippen LogP) is 4.74. The zero-order valence-corrected chi connectivity index (χ0v) is 14.5. The van der Waals surface area contributed by atoms with E-state index in [1.54, 1.807) is 12.1 Å².